The SMILES string of the molecule is FC(F)(F)c1ccc(C2CCC(NC3CC4(CCNCC4)C3)CC2)c(-c2nn[nH]n2)c1. The monoisotopic (exact) mass is 434 g/mol. The largest absolute Gasteiger partial charge is 0.416 e. The Morgan fingerprint density at radius 1 is 1.00 bits per heavy atom. The lowest BCUT2D eigenvalue weighted by Crippen LogP contribution is -2.55. The highest BCUT2D eigenvalue weighted by atomic mass is 19.4. The minimum Gasteiger partial charge on any atom is -0.317 e. The third kappa shape index (κ3) is 4.35. The third-order valence-electron chi connectivity index (χ3n) is 7.63. The molecule has 1 spiro atoms. The number of rotatable bonds is 4. The standard InChI is InChI=1S/C22H29F3N6/c23-22(24,25)15-3-6-18(19(11-15)20-28-30-31-29-20)14-1-4-16(5-2-14)27-17-12-21(13-17)7-9-26-10-8-21/h3,6,11,14,16-17,26-27H,1-2,4-5,7-10,12-13H2,(H,28,29,30,31). The molecule has 1 aromatic carbocycles. The summed E-state index contributed by atoms with van der Waals surface area (Å²) in [4.78, 5) is 0. The van der Waals surface area contributed by atoms with Crippen molar-refractivity contribution in [3.63, 3.8) is 0 Å². The summed E-state index contributed by atoms with van der Waals surface area (Å²) in [6.07, 6.45) is 4.77. The van der Waals surface area contributed by atoms with Crippen LogP contribution in [0.15, 0.2) is 18.2 Å². The average molecular weight is 435 g/mol. The maximum atomic E-state index is 13.3. The molecule has 0 amide bonds. The number of aromatic amines is 1. The zero-order valence-electron chi connectivity index (χ0n) is 17.5. The van der Waals surface area contributed by atoms with Gasteiger partial charge in [0.2, 0.25) is 5.82 Å². The van der Waals surface area contributed by atoms with Crippen molar-refractivity contribution in [1.82, 2.24) is 31.3 Å². The van der Waals surface area contributed by atoms with Gasteiger partial charge in [0.1, 0.15) is 0 Å². The minimum atomic E-state index is -4.40. The van der Waals surface area contributed by atoms with Crippen LogP contribution in [0.4, 0.5) is 13.2 Å². The third-order valence-corrected chi connectivity index (χ3v) is 7.63. The van der Waals surface area contributed by atoms with Crippen LogP contribution < -0.4 is 10.6 Å². The van der Waals surface area contributed by atoms with Crippen LogP contribution in [0.5, 0.6) is 0 Å². The number of halogens is 3. The van der Waals surface area contributed by atoms with Crippen LogP contribution in [0, 0.1) is 5.41 Å². The number of H-pyrrole nitrogens is 1. The van der Waals surface area contributed by atoms with Crippen LogP contribution in [0.1, 0.15) is 68.4 Å². The fourth-order valence-electron chi connectivity index (χ4n) is 5.93. The van der Waals surface area contributed by atoms with E-state index in [0.717, 1.165) is 50.4 Å². The fraction of sp³-hybridized carbons (Fsp3) is 0.682. The van der Waals surface area contributed by atoms with Crippen molar-refractivity contribution >= 4 is 0 Å². The van der Waals surface area contributed by atoms with Gasteiger partial charge in [-0.05, 0) is 98.7 Å². The molecule has 3 N–H and O–H groups in total. The Labute approximate surface area is 179 Å². The highest BCUT2D eigenvalue weighted by molar-refractivity contribution is 5.62. The van der Waals surface area contributed by atoms with Gasteiger partial charge in [-0.15, -0.1) is 10.2 Å². The van der Waals surface area contributed by atoms with Crippen LogP contribution >= 0.6 is 0 Å². The Kier molecular flexibility index (Phi) is 5.50. The number of aromatic nitrogens is 4. The molecule has 168 valence electrons. The van der Waals surface area contributed by atoms with Gasteiger partial charge in [0.25, 0.3) is 0 Å². The van der Waals surface area contributed by atoms with Gasteiger partial charge in [-0.2, -0.15) is 18.4 Å². The number of benzene rings is 1. The Balaban J connectivity index is 1.22. The predicted octanol–water partition coefficient (Wildman–Crippen LogP) is 4.03. The van der Waals surface area contributed by atoms with Gasteiger partial charge in [-0.25, -0.2) is 0 Å². The quantitative estimate of drug-likeness (QED) is 0.677. The van der Waals surface area contributed by atoms with Crippen molar-refractivity contribution in [3.05, 3.63) is 29.3 Å². The molecule has 2 saturated carbocycles. The highest BCUT2D eigenvalue weighted by Gasteiger charge is 2.45. The molecule has 0 unspecified atom stereocenters. The van der Waals surface area contributed by atoms with Gasteiger partial charge in [0.05, 0.1) is 5.56 Å². The molecular weight excluding hydrogens is 405 g/mol. The topological polar surface area (TPSA) is 78.5 Å². The number of tetrazole rings is 1. The van der Waals surface area contributed by atoms with Crippen molar-refractivity contribution in [2.75, 3.05) is 13.1 Å². The number of alkyl halides is 3. The molecule has 2 aliphatic carbocycles. The van der Waals surface area contributed by atoms with Gasteiger partial charge < -0.3 is 10.6 Å². The molecule has 1 saturated heterocycles. The summed E-state index contributed by atoms with van der Waals surface area (Å²) in [6, 6.07) is 5.08. The molecule has 6 nitrogen and oxygen atoms in total. The van der Waals surface area contributed by atoms with Gasteiger partial charge in [0.15, 0.2) is 0 Å². The van der Waals surface area contributed by atoms with Crippen LogP contribution in [-0.2, 0) is 6.18 Å². The number of hydrogen-bond acceptors (Lipinski definition) is 5. The molecular formula is C22H29F3N6. The molecule has 5 rings (SSSR count). The van der Waals surface area contributed by atoms with Crippen LogP contribution in [-0.4, -0.2) is 45.8 Å². The van der Waals surface area contributed by atoms with Crippen molar-refractivity contribution in [2.24, 2.45) is 5.41 Å². The summed E-state index contributed by atoms with van der Waals surface area (Å²) in [5, 5.41) is 21.1. The molecule has 0 radical (unpaired) electrons. The molecule has 0 atom stereocenters. The second-order valence-electron chi connectivity index (χ2n) is 9.61. The molecule has 2 heterocycles. The molecule has 2 aromatic rings. The van der Waals surface area contributed by atoms with Gasteiger partial charge in [0, 0.05) is 17.6 Å². The Hall–Kier alpha value is -2.00. The van der Waals surface area contributed by atoms with Crippen LogP contribution in [0.25, 0.3) is 11.4 Å². The summed E-state index contributed by atoms with van der Waals surface area (Å²) in [5.74, 6) is 0.439. The first-order valence-corrected chi connectivity index (χ1v) is 11.3. The van der Waals surface area contributed by atoms with Gasteiger partial charge in [-0.3, -0.25) is 0 Å². The summed E-state index contributed by atoms with van der Waals surface area (Å²) in [7, 11) is 0. The minimum absolute atomic E-state index is 0.214. The lowest BCUT2D eigenvalue weighted by molar-refractivity contribution is -0.137. The van der Waals surface area contributed by atoms with E-state index in [1.807, 2.05) is 0 Å². The summed E-state index contributed by atoms with van der Waals surface area (Å²) in [5.41, 5.74) is 1.22. The van der Waals surface area contributed by atoms with E-state index in [1.165, 1.54) is 31.7 Å². The fourth-order valence-corrected chi connectivity index (χ4v) is 5.93. The summed E-state index contributed by atoms with van der Waals surface area (Å²) >= 11 is 0. The molecule has 3 fully saturated rings. The molecule has 9 heteroatoms. The molecule has 1 aliphatic heterocycles. The number of nitrogens with one attached hydrogen (secondary N) is 3. The van der Waals surface area contributed by atoms with E-state index < -0.39 is 11.7 Å². The first-order valence-electron chi connectivity index (χ1n) is 11.3. The van der Waals surface area contributed by atoms with Gasteiger partial charge >= 0.3 is 6.18 Å². The van der Waals surface area contributed by atoms with Crippen LogP contribution in [0.3, 0.4) is 0 Å². The molecule has 1 aromatic heterocycles. The van der Waals surface area contributed by atoms with Crippen molar-refractivity contribution in [1.29, 1.82) is 0 Å². The van der Waals surface area contributed by atoms with Crippen molar-refractivity contribution < 1.29 is 13.2 Å². The Morgan fingerprint density at radius 3 is 2.39 bits per heavy atom. The van der Waals surface area contributed by atoms with E-state index >= 15 is 0 Å². The highest BCUT2D eigenvalue weighted by Crippen LogP contribution is 2.48. The first kappa shape index (κ1) is 20.9. The van der Waals surface area contributed by atoms with Crippen molar-refractivity contribution in [2.45, 2.75) is 75.5 Å². The predicted molar refractivity (Wildman–Crippen MR) is 110 cm³/mol. The number of piperidine rings is 1. The van der Waals surface area contributed by atoms with Crippen molar-refractivity contribution in [3.8, 4) is 11.4 Å². The normalized spacial score (nSPS) is 26.7. The van der Waals surface area contributed by atoms with E-state index in [0.29, 0.717) is 23.1 Å². The second kappa shape index (κ2) is 8.16. The molecule has 3 aliphatic rings. The average Bonchev–Trinajstić information content (AvgIpc) is 3.28. The van der Waals surface area contributed by atoms with E-state index in [2.05, 4.69) is 31.3 Å². The van der Waals surface area contributed by atoms with E-state index in [4.69, 9.17) is 0 Å². The Morgan fingerprint density at radius 2 is 1.74 bits per heavy atom. The zero-order valence-corrected chi connectivity index (χ0v) is 17.5. The Bertz CT molecular complexity index is 875. The summed E-state index contributed by atoms with van der Waals surface area (Å²) in [6.45, 7) is 2.29. The molecule has 31 heavy (non-hydrogen) atoms. The smallest absolute Gasteiger partial charge is 0.317 e. The van der Waals surface area contributed by atoms with Crippen LogP contribution in [0.2, 0.25) is 0 Å². The second-order valence-corrected chi connectivity index (χ2v) is 9.61. The summed E-state index contributed by atoms with van der Waals surface area (Å²) < 4.78 is 39.8. The lowest BCUT2D eigenvalue weighted by Gasteiger charge is -2.52. The van der Waals surface area contributed by atoms with E-state index in [-0.39, 0.29) is 11.7 Å². The van der Waals surface area contributed by atoms with E-state index in [9.17, 15) is 13.2 Å². The van der Waals surface area contributed by atoms with E-state index in [1.54, 1.807) is 6.07 Å². The lowest BCUT2D eigenvalue weighted by atomic mass is 9.60. The maximum absolute atomic E-state index is 13.3. The molecule has 0 bridgehead atoms. The van der Waals surface area contributed by atoms with Gasteiger partial charge in [-0.1, -0.05) is 6.07 Å². The number of nitrogens with zero attached hydrogens (tertiary/aromatic N) is 3. The zero-order chi connectivity index (χ0) is 21.5. The number of hydrogen-bond donors (Lipinski definition) is 3. The maximum Gasteiger partial charge on any atom is 0.416 e. The first-order chi connectivity index (χ1) is 14.9.